The second kappa shape index (κ2) is 4.67. The number of aromatic nitrogens is 2. The molecule has 82 valence electrons. The van der Waals surface area contributed by atoms with E-state index < -0.39 is 0 Å². The fraction of sp³-hybridized carbons (Fsp3) is 0.667. The molecule has 2 heterocycles. The second-order valence-corrected chi connectivity index (χ2v) is 4.49. The molecule has 1 fully saturated rings. The zero-order valence-corrected chi connectivity index (χ0v) is 9.11. The van der Waals surface area contributed by atoms with Gasteiger partial charge in [-0.3, -0.25) is 4.79 Å². The van der Waals surface area contributed by atoms with Gasteiger partial charge in [0.1, 0.15) is 4.88 Å². The van der Waals surface area contributed by atoms with Crippen LogP contribution in [0.4, 0.5) is 0 Å². The first-order chi connectivity index (χ1) is 7.31. The predicted molar refractivity (Wildman–Crippen MR) is 55.6 cm³/mol. The van der Waals surface area contributed by atoms with Gasteiger partial charge >= 0.3 is 0 Å². The number of likely N-dealkylation sites (tertiary alicyclic amines) is 1. The van der Waals surface area contributed by atoms with Gasteiger partial charge in [-0.25, -0.2) is 0 Å². The molecule has 5 nitrogen and oxygen atoms in total. The first-order valence-corrected chi connectivity index (χ1v) is 5.76. The highest BCUT2D eigenvalue weighted by Gasteiger charge is 2.24. The van der Waals surface area contributed by atoms with Crippen molar-refractivity contribution in [1.82, 2.24) is 14.5 Å². The Morgan fingerprint density at radius 2 is 2.33 bits per heavy atom. The van der Waals surface area contributed by atoms with Crippen LogP contribution in [0.3, 0.4) is 0 Å². The molecule has 2 rings (SSSR count). The monoisotopic (exact) mass is 227 g/mol. The zero-order valence-electron chi connectivity index (χ0n) is 8.30. The molecule has 0 bridgehead atoms. The lowest BCUT2D eigenvalue weighted by atomic mass is 9.98. The molecule has 1 aliphatic rings. The molecule has 1 saturated heterocycles. The minimum atomic E-state index is 0.0152. The first kappa shape index (κ1) is 10.5. The minimum Gasteiger partial charge on any atom is -0.396 e. The summed E-state index contributed by atoms with van der Waals surface area (Å²) in [6, 6.07) is 0. The maximum absolute atomic E-state index is 11.8. The Morgan fingerprint density at radius 1 is 1.60 bits per heavy atom. The molecule has 6 heteroatoms. The summed E-state index contributed by atoms with van der Waals surface area (Å²) in [4.78, 5) is 14.3. The predicted octanol–water partition coefficient (Wildman–Crippen LogP) is 0.383. The second-order valence-electron chi connectivity index (χ2n) is 3.70. The van der Waals surface area contributed by atoms with Crippen molar-refractivity contribution in [2.45, 2.75) is 12.8 Å². The Morgan fingerprint density at radius 3 is 2.87 bits per heavy atom. The number of rotatable bonds is 2. The topological polar surface area (TPSA) is 66.3 Å². The van der Waals surface area contributed by atoms with Gasteiger partial charge in [0.15, 0.2) is 0 Å². The van der Waals surface area contributed by atoms with Gasteiger partial charge < -0.3 is 10.0 Å². The van der Waals surface area contributed by atoms with Gasteiger partial charge in [0, 0.05) is 19.7 Å². The van der Waals surface area contributed by atoms with Crippen molar-refractivity contribution >= 4 is 17.4 Å². The van der Waals surface area contributed by atoms with E-state index in [1.54, 1.807) is 4.90 Å². The summed E-state index contributed by atoms with van der Waals surface area (Å²) >= 11 is 1.13. The zero-order chi connectivity index (χ0) is 10.7. The van der Waals surface area contributed by atoms with E-state index in [0.717, 1.165) is 37.5 Å². The van der Waals surface area contributed by atoms with E-state index in [0.29, 0.717) is 10.8 Å². The van der Waals surface area contributed by atoms with Crippen LogP contribution in [0.2, 0.25) is 0 Å². The average Bonchev–Trinajstić information content (AvgIpc) is 2.82. The molecule has 0 unspecified atom stereocenters. The Hall–Kier alpha value is -1.01. The number of carbonyl (C=O) groups is 1. The lowest BCUT2D eigenvalue weighted by Crippen LogP contribution is -2.38. The summed E-state index contributed by atoms with van der Waals surface area (Å²) in [5.74, 6) is 0.370. The quantitative estimate of drug-likeness (QED) is 0.793. The highest BCUT2D eigenvalue weighted by Crippen LogP contribution is 2.18. The van der Waals surface area contributed by atoms with Crippen LogP contribution in [-0.2, 0) is 0 Å². The van der Waals surface area contributed by atoms with Crippen LogP contribution in [0.1, 0.15) is 22.5 Å². The number of nitrogens with zero attached hydrogens (tertiary/aromatic N) is 3. The number of aliphatic hydroxyl groups is 1. The molecule has 1 aromatic rings. The summed E-state index contributed by atoms with van der Waals surface area (Å²) in [6.07, 6.45) is 3.27. The SMILES string of the molecule is O=C(c1cnns1)N1CCC(CO)CC1. The normalized spacial score (nSPS) is 18.1. The van der Waals surface area contributed by atoms with Crippen molar-refractivity contribution in [1.29, 1.82) is 0 Å². The third-order valence-corrected chi connectivity index (χ3v) is 3.38. The Bertz CT molecular complexity index is 320. The van der Waals surface area contributed by atoms with E-state index in [1.807, 2.05) is 0 Å². The lowest BCUT2D eigenvalue weighted by Gasteiger charge is -2.30. The lowest BCUT2D eigenvalue weighted by molar-refractivity contribution is 0.0655. The molecule has 1 aromatic heterocycles. The van der Waals surface area contributed by atoms with E-state index in [4.69, 9.17) is 5.11 Å². The summed E-state index contributed by atoms with van der Waals surface area (Å²) in [7, 11) is 0. The van der Waals surface area contributed by atoms with E-state index in [1.165, 1.54) is 6.20 Å². The third kappa shape index (κ3) is 2.32. The molecule has 15 heavy (non-hydrogen) atoms. The molecular weight excluding hydrogens is 214 g/mol. The van der Waals surface area contributed by atoms with Crippen molar-refractivity contribution in [2.24, 2.45) is 5.92 Å². The highest BCUT2D eigenvalue weighted by molar-refractivity contribution is 7.07. The number of piperidine rings is 1. The van der Waals surface area contributed by atoms with E-state index in [9.17, 15) is 4.79 Å². The largest absolute Gasteiger partial charge is 0.396 e. The minimum absolute atomic E-state index is 0.0152. The van der Waals surface area contributed by atoms with Gasteiger partial charge in [-0.1, -0.05) is 4.49 Å². The van der Waals surface area contributed by atoms with Crippen LogP contribution < -0.4 is 0 Å². The molecule has 0 aliphatic carbocycles. The molecular formula is C9H13N3O2S. The Kier molecular flexibility index (Phi) is 3.27. The van der Waals surface area contributed by atoms with Crippen molar-refractivity contribution in [3.05, 3.63) is 11.1 Å². The van der Waals surface area contributed by atoms with Gasteiger partial charge in [0.25, 0.3) is 5.91 Å². The average molecular weight is 227 g/mol. The summed E-state index contributed by atoms with van der Waals surface area (Å²) < 4.78 is 3.67. The van der Waals surface area contributed by atoms with Crippen molar-refractivity contribution < 1.29 is 9.90 Å². The van der Waals surface area contributed by atoms with Crippen LogP contribution in [0.5, 0.6) is 0 Å². The fourth-order valence-electron chi connectivity index (χ4n) is 1.74. The number of hydrogen-bond acceptors (Lipinski definition) is 5. The molecule has 1 aliphatic heterocycles. The molecule has 0 atom stereocenters. The molecule has 1 N–H and O–H groups in total. The van der Waals surface area contributed by atoms with Gasteiger partial charge in [0.2, 0.25) is 0 Å². The van der Waals surface area contributed by atoms with Gasteiger partial charge in [-0.15, -0.1) is 5.10 Å². The molecule has 0 aromatic carbocycles. The third-order valence-electron chi connectivity index (χ3n) is 2.73. The van der Waals surface area contributed by atoms with Gasteiger partial charge in [-0.2, -0.15) is 0 Å². The van der Waals surface area contributed by atoms with Crippen molar-refractivity contribution in [3.63, 3.8) is 0 Å². The van der Waals surface area contributed by atoms with Crippen LogP contribution in [0.15, 0.2) is 6.20 Å². The van der Waals surface area contributed by atoms with Crippen LogP contribution in [0.25, 0.3) is 0 Å². The Labute approximate surface area is 91.9 Å². The van der Waals surface area contributed by atoms with Crippen LogP contribution in [0, 0.1) is 5.92 Å². The summed E-state index contributed by atoms with van der Waals surface area (Å²) in [5, 5.41) is 12.6. The Balaban J connectivity index is 1.93. The molecule has 0 radical (unpaired) electrons. The van der Waals surface area contributed by atoms with Crippen LogP contribution >= 0.6 is 11.5 Å². The molecule has 1 amide bonds. The first-order valence-electron chi connectivity index (χ1n) is 4.98. The van der Waals surface area contributed by atoms with E-state index in [-0.39, 0.29) is 12.5 Å². The maximum Gasteiger partial charge on any atom is 0.267 e. The number of aliphatic hydroxyl groups excluding tert-OH is 1. The summed E-state index contributed by atoms with van der Waals surface area (Å²) in [6.45, 7) is 1.67. The van der Waals surface area contributed by atoms with E-state index >= 15 is 0 Å². The summed E-state index contributed by atoms with van der Waals surface area (Å²) in [5.41, 5.74) is 0. The number of amides is 1. The highest BCUT2D eigenvalue weighted by atomic mass is 32.1. The van der Waals surface area contributed by atoms with Gasteiger partial charge in [-0.05, 0) is 30.3 Å². The van der Waals surface area contributed by atoms with Crippen LogP contribution in [-0.4, -0.2) is 45.2 Å². The number of carbonyl (C=O) groups excluding carboxylic acids is 1. The maximum atomic E-state index is 11.8. The van der Waals surface area contributed by atoms with E-state index in [2.05, 4.69) is 9.59 Å². The molecule has 0 spiro atoms. The number of hydrogen-bond donors (Lipinski definition) is 1. The smallest absolute Gasteiger partial charge is 0.267 e. The van der Waals surface area contributed by atoms with Crippen molar-refractivity contribution in [2.75, 3.05) is 19.7 Å². The molecule has 0 saturated carbocycles. The fourth-order valence-corrected chi connectivity index (χ4v) is 2.22. The van der Waals surface area contributed by atoms with Crippen molar-refractivity contribution in [3.8, 4) is 0 Å². The van der Waals surface area contributed by atoms with Gasteiger partial charge in [0.05, 0.1) is 6.20 Å². The standard InChI is InChI=1S/C9H13N3O2S/c13-6-7-1-3-12(4-2-7)9(14)8-5-10-11-15-8/h5,7,13H,1-4,6H2.